The second kappa shape index (κ2) is 7.25. The Kier molecular flexibility index (Phi) is 5.98. The first-order chi connectivity index (χ1) is 8.97. The first-order valence-electron chi connectivity index (χ1n) is 5.27. The fraction of sp³-hybridized carbons (Fsp3) is 0.250. The highest BCUT2D eigenvalue weighted by Crippen LogP contribution is 2.36. The van der Waals surface area contributed by atoms with Gasteiger partial charge in [0.15, 0.2) is 11.5 Å². The third-order valence-corrected chi connectivity index (χ3v) is 2.95. The van der Waals surface area contributed by atoms with E-state index in [9.17, 15) is 4.79 Å². The lowest BCUT2D eigenvalue weighted by Crippen LogP contribution is -2.29. The number of halogens is 2. The van der Waals surface area contributed by atoms with Gasteiger partial charge >= 0.3 is 6.03 Å². The largest absolute Gasteiger partial charge is 0.493 e. The van der Waals surface area contributed by atoms with E-state index in [1.165, 1.54) is 14.2 Å². The molecule has 0 saturated carbocycles. The number of methoxy groups -OCH3 is 2. The SMILES string of the molecule is C=C(Cl)CNC(=O)Nc1cc(OC)c(OC)cc1Br. The molecule has 1 rings (SSSR count). The van der Waals surface area contributed by atoms with Crippen LogP contribution in [0.4, 0.5) is 10.5 Å². The van der Waals surface area contributed by atoms with Gasteiger partial charge in [-0.3, -0.25) is 0 Å². The van der Waals surface area contributed by atoms with Crippen molar-refractivity contribution >= 4 is 39.2 Å². The first-order valence-corrected chi connectivity index (χ1v) is 6.44. The number of amides is 2. The van der Waals surface area contributed by atoms with E-state index < -0.39 is 6.03 Å². The molecule has 2 N–H and O–H groups in total. The molecular weight excluding hydrogens is 336 g/mol. The maximum Gasteiger partial charge on any atom is 0.319 e. The summed E-state index contributed by atoms with van der Waals surface area (Å²) in [4.78, 5) is 11.6. The van der Waals surface area contributed by atoms with Gasteiger partial charge in [0.25, 0.3) is 0 Å². The average molecular weight is 350 g/mol. The molecule has 104 valence electrons. The Bertz CT molecular complexity index is 494. The lowest BCUT2D eigenvalue weighted by molar-refractivity contribution is 0.253. The minimum absolute atomic E-state index is 0.193. The number of nitrogens with one attached hydrogen (secondary N) is 2. The summed E-state index contributed by atoms with van der Waals surface area (Å²) in [5.41, 5.74) is 0.551. The second-order valence-electron chi connectivity index (χ2n) is 3.51. The van der Waals surface area contributed by atoms with E-state index in [-0.39, 0.29) is 6.54 Å². The second-order valence-corrected chi connectivity index (χ2v) is 4.90. The number of anilines is 1. The maximum atomic E-state index is 11.6. The van der Waals surface area contributed by atoms with Crippen molar-refractivity contribution in [2.45, 2.75) is 0 Å². The van der Waals surface area contributed by atoms with E-state index in [2.05, 4.69) is 33.1 Å². The number of urea groups is 1. The summed E-state index contributed by atoms with van der Waals surface area (Å²) in [6.07, 6.45) is 0. The molecule has 2 amide bonds. The fourth-order valence-corrected chi connectivity index (χ4v) is 1.78. The summed E-state index contributed by atoms with van der Waals surface area (Å²) in [6, 6.07) is 2.96. The van der Waals surface area contributed by atoms with E-state index in [1.807, 2.05) is 0 Å². The van der Waals surface area contributed by atoms with Crippen LogP contribution in [0.5, 0.6) is 11.5 Å². The van der Waals surface area contributed by atoms with E-state index in [4.69, 9.17) is 21.1 Å². The van der Waals surface area contributed by atoms with Gasteiger partial charge in [0.2, 0.25) is 0 Å². The number of benzene rings is 1. The molecular formula is C12H14BrClN2O3. The molecule has 1 aromatic rings. The number of hydrogen-bond donors (Lipinski definition) is 2. The minimum Gasteiger partial charge on any atom is -0.493 e. The molecule has 0 radical (unpaired) electrons. The highest BCUT2D eigenvalue weighted by Gasteiger charge is 2.11. The summed E-state index contributed by atoms with van der Waals surface area (Å²) in [5, 5.41) is 5.56. The number of rotatable bonds is 5. The molecule has 0 fully saturated rings. The standard InChI is InChI=1S/C12H14BrClN2O3/c1-7(14)6-15-12(17)16-9-5-11(19-3)10(18-2)4-8(9)13/h4-5H,1,6H2,2-3H3,(H2,15,16,17). The molecule has 7 heteroatoms. The van der Waals surface area contributed by atoms with Gasteiger partial charge in [-0.2, -0.15) is 0 Å². The third-order valence-electron chi connectivity index (χ3n) is 2.16. The van der Waals surface area contributed by atoms with E-state index in [0.717, 1.165) is 0 Å². The van der Waals surface area contributed by atoms with Gasteiger partial charge in [-0.15, -0.1) is 0 Å². The zero-order valence-electron chi connectivity index (χ0n) is 10.5. The molecule has 0 aliphatic heterocycles. The number of carbonyl (C=O) groups is 1. The molecule has 0 atom stereocenters. The van der Waals surface area contributed by atoms with Crippen LogP contribution in [0.2, 0.25) is 0 Å². The van der Waals surface area contributed by atoms with Crippen molar-refractivity contribution in [3.05, 3.63) is 28.2 Å². The average Bonchev–Trinajstić information content (AvgIpc) is 2.38. The molecule has 0 bridgehead atoms. The van der Waals surface area contributed by atoms with Crippen molar-refractivity contribution < 1.29 is 14.3 Å². The van der Waals surface area contributed by atoms with Crippen molar-refractivity contribution in [3.63, 3.8) is 0 Å². The Hall–Kier alpha value is -1.40. The van der Waals surface area contributed by atoms with E-state index in [0.29, 0.717) is 26.7 Å². The summed E-state index contributed by atoms with van der Waals surface area (Å²) >= 11 is 8.90. The maximum absolute atomic E-state index is 11.6. The Morgan fingerprint density at radius 3 is 2.47 bits per heavy atom. The van der Waals surface area contributed by atoms with Crippen LogP contribution in [-0.4, -0.2) is 26.8 Å². The molecule has 0 saturated heterocycles. The van der Waals surface area contributed by atoms with Crippen LogP contribution in [0.1, 0.15) is 0 Å². The van der Waals surface area contributed by atoms with Gasteiger partial charge in [-0.25, -0.2) is 4.79 Å². The molecule has 5 nitrogen and oxygen atoms in total. The predicted octanol–water partition coefficient (Wildman–Crippen LogP) is 3.34. The topological polar surface area (TPSA) is 59.6 Å². The van der Waals surface area contributed by atoms with Crippen LogP contribution in [0, 0.1) is 0 Å². The normalized spacial score (nSPS) is 9.68. The highest BCUT2D eigenvalue weighted by molar-refractivity contribution is 9.10. The molecule has 0 aliphatic carbocycles. The quantitative estimate of drug-likeness (QED) is 0.857. The van der Waals surface area contributed by atoms with Crippen LogP contribution in [-0.2, 0) is 0 Å². The van der Waals surface area contributed by atoms with Crippen LogP contribution in [0.15, 0.2) is 28.2 Å². The summed E-state index contributed by atoms with van der Waals surface area (Å²) in [7, 11) is 3.06. The minimum atomic E-state index is -0.394. The van der Waals surface area contributed by atoms with Gasteiger partial charge in [-0.1, -0.05) is 18.2 Å². The number of hydrogen-bond acceptors (Lipinski definition) is 3. The summed E-state index contributed by atoms with van der Waals surface area (Å²) in [5.74, 6) is 1.08. The van der Waals surface area contributed by atoms with Crippen molar-refractivity contribution in [2.24, 2.45) is 0 Å². The van der Waals surface area contributed by atoms with Gasteiger partial charge in [0, 0.05) is 21.6 Å². The molecule has 0 unspecified atom stereocenters. The van der Waals surface area contributed by atoms with Gasteiger partial charge in [-0.05, 0) is 15.9 Å². The number of carbonyl (C=O) groups excluding carboxylic acids is 1. The fourth-order valence-electron chi connectivity index (χ4n) is 1.29. The first kappa shape index (κ1) is 15.7. The summed E-state index contributed by atoms with van der Waals surface area (Å²) in [6.45, 7) is 3.67. The monoisotopic (exact) mass is 348 g/mol. The van der Waals surface area contributed by atoms with Crippen LogP contribution in [0.3, 0.4) is 0 Å². The Morgan fingerprint density at radius 1 is 1.37 bits per heavy atom. The molecule has 0 spiro atoms. The zero-order chi connectivity index (χ0) is 14.4. The Morgan fingerprint density at radius 2 is 1.95 bits per heavy atom. The van der Waals surface area contributed by atoms with Crippen molar-refractivity contribution in [1.29, 1.82) is 0 Å². The van der Waals surface area contributed by atoms with Crippen molar-refractivity contribution in [1.82, 2.24) is 5.32 Å². The lowest BCUT2D eigenvalue weighted by atomic mass is 10.2. The molecule has 1 aromatic carbocycles. The predicted molar refractivity (Wildman–Crippen MR) is 79.3 cm³/mol. The van der Waals surface area contributed by atoms with E-state index >= 15 is 0 Å². The van der Waals surface area contributed by atoms with Gasteiger partial charge in [0.1, 0.15) is 0 Å². The number of ether oxygens (including phenoxy) is 2. The lowest BCUT2D eigenvalue weighted by Gasteiger charge is -2.13. The summed E-state index contributed by atoms with van der Waals surface area (Å²) < 4.78 is 11.0. The van der Waals surface area contributed by atoms with Crippen LogP contribution >= 0.6 is 27.5 Å². The molecule has 19 heavy (non-hydrogen) atoms. The highest BCUT2D eigenvalue weighted by atomic mass is 79.9. The van der Waals surface area contributed by atoms with Crippen LogP contribution < -0.4 is 20.1 Å². The molecule has 0 heterocycles. The Balaban J connectivity index is 2.83. The van der Waals surface area contributed by atoms with E-state index in [1.54, 1.807) is 12.1 Å². The van der Waals surface area contributed by atoms with Crippen molar-refractivity contribution in [3.8, 4) is 11.5 Å². The zero-order valence-corrected chi connectivity index (χ0v) is 12.9. The third kappa shape index (κ3) is 4.65. The molecule has 0 aliphatic rings. The Labute approximate surface area is 125 Å². The molecule has 0 aromatic heterocycles. The van der Waals surface area contributed by atoms with Crippen molar-refractivity contribution in [2.75, 3.05) is 26.1 Å². The smallest absolute Gasteiger partial charge is 0.319 e. The van der Waals surface area contributed by atoms with Gasteiger partial charge < -0.3 is 20.1 Å². The van der Waals surface area contributed by atoms with Crippen LogP contribution in [0.25, 0.3) is 0 Å². The van der Waals surface area contributed by atoms with Gasteiger partial charge in [0.05, 0.1) is 26.5 Å².